The molecule has 1 aliphatic rings. The minimum Gasteiger partial charge on any atom is -0.481 e. The van der Waals surface area contributed by atoms with E-state index in [0.29, 0.717) is 23.0 Å². The molecule has 0 radical (unpaired) electrons. The van der Waals surface area contributed by atoms with Crippen LogP contribution < -0.4 is 10.9 Å². The molecule has 0 bridgehead atoms. The van der Waals surface area contributed by atoms with Gasteiger partial charge in [-0.25, -0.2) is 4.68 Å². The second kappa shape index (κ2) is 5.73. The molecule has 19 heavy (non-hydrogen) atoms. The highest BCUT2D eigenvalue weighted by Crippen LogP contribution is 2.28. The van der Waals surface area contributed by atoms with Crippen LogP contribution in [0.25, 0.3) is 0 Å². The van der Waals surface area contributed by atoms with E-state index < -0.39 is 5.97 Å². The Labute approximate surface area is 118 Å². The summed E-state index contributed by atoms with van der Waals surface area (Å²) in [5.41, 5.74) is 0.478. The molecule has 1 fully saturated rings. The first-order valence-corrected chi connectivity index (χ1v) is 6.99. The van der Waals surface area contributed by atoms with Gasteiger partial charge in [-0.05, 0) is 41.6 Å². The van der Waals surface area contributed by atoms with Crippen LogP contribution in [0.15, 0.2) is 15.5 Å². The van der Waals surface area contributed by atoms with E-state index in [-0.39, 0.29) is 17.5 Å². The van der Waals surface area contributed by atoms with Crippen LogP contribution in [0.1, 0.15) is 25.7 Å². The number of carboxylic acid groups (broad SMARTS) is 1. The molecule has 1 aromatic rings. The van der Waals surface area contributed by atoms with Gasteiger partial charge in [-0.3, -0.25) is 9.59 Å². The van der Waals surface area contributed by atoms with Gasteiger partial charge in [-0.15, -0.1) is 0 Å². The second-order valence-electron chi connectivity index (χ2n) is 4.83. The number of rotatable bonds is 3. The largest absolute Gasteiger partial charge is 0.481 e. The highest BCUT2D eigenvalue weighted by Gasteiger charge is 2.26. The maximum absolute atomic E-state index is 11.7. The van der Waals surface area contributed by atoms with Gasteiger partial charge in [0.05, 0.1) is 17.8 Å². The van der Waals surface area contributed by atoms with Crippen LogP contribution in [-0.4, -0.2) is 26.9 Å². The molecule has 0 aliphatic heterocycles. The second-order valence-corrected chi connectivity index (χ2v) is 5.63. The zero-order chi connectivity index (χ0) is 14.0. The van der Waals surface area contributed by atoms with Gasteiger partial charge in [0, 0.05) is 13.1 Å². The lowest BCUT2D eigenvalue weighted by atomic mass is 9.86. The number of hydrogen-bond donors (Lipinski definition) is 2. The van der Waals surface area contributed by atoms with Gasteiger partial charge < -0.3 is 10.4 Å². The van der Waals surface area contributed by atoms with Gasteiger partial charge in [0.1, 0.15) is 4.47 Å². The minimum absolute atomic E-state index is 0.191. The number of hydrogen-bond acceptors (Lipinski definition) is 4. The van der Waals surface area contributed by atoms with Crippen LogP contribution in [0.4, 0.5) is 5.69 Å². The topological polar surface area (TPSA) is 84.2 Å². The molecule has 1 saturated carbocycles. The van der Waals surface area contributed by atoms with E-state index in [0.717, 1.165) is 12.8 Å². The molecule has 0 unspecified atom stereocenters. The summed E-state index contributed by atoms with van der Waals surface area (Å²) in [6.45, 7) is 0. The summed E-state index contributed by atoms with van der Waals surface area (Å²) in [7, 11) is 1.59. The molecule has 2 N–H and O–H groups in total. The van der Waals surface area contributed by atoms with Crippen molar-refractivity contribution in [1.29, 1.82) is 0 Å². The Balaban J connectivity index is 2.02. The molecule has 1 aromatic heterocycles. The van der Waals surface area contributed by atoms with E-state index in [2.05, 4.69) is 26.3 Å². The maximum atomic E-state index is 11.7. The van der Waals surface area contributed by atoms with Gasteiger partial charge in [-0.2, -0.15) is 5.10 Å². The standard InChI is InChI=1S/C12H16BrN3O3/c1-16-11(17)10(13)9(6-14-16)15-8-4-2-7(3-5-8)12(18)19/h6-8,15H,2-5H2,1H3,(H,18,19). The number of aromatic nitrogens is 2. The number of nitrogens with one attached hydrogen (secondary N) is 1. The molecule has 1 heterocycles. The van der Waals surface area contributed by atoms with Gasteiger partial charge >= 0.3 is 5.97 Å². The van der Waals surface area contributed by atoms with Crippen LogP contribution in [0.5, 0.6) is 0 Å². The fourth-order valence-electron chi connectivity index (χ4n) is 2.32. The van der Waals surface area contributed by atoms with E-state index >= 15 is 0 Å². The van der Waals surface area contributed by atoms with E-state index in [4.69, 9.17) is 5.11 Å². The van der Waals surface area contributed by atoms with Crippen molar-refractivity contribution in [2.24, 2.45) is 13.0 Å². The average Bonchev–Trinajstić information content (AvgIpc) is 2.40. The van der Waals surface area contributed by atoms with Crippen LogP contribution in [0.3, 0.4) is 0 Å². The predicted molar refractivity (Wildman–Crippen MR) is 74.2 cm³/mol. The lowest BCUT2D eigenvalue weighted by Crippen LogP contribution is -2.30. The summed E-state index contributed by atoms with van der Waals surface area (Å²) >= 11 is 3.26. The van der Waals surface area contributed by atoms with E-state index in [1.807, 2.05) is 0 Å². The highest BCUT2D eigenvalue weighted by molar-refractivity contribution is 9.10. The average molecular weight is 330 g/mol. The van der Waals surface area contributed by atoms with Gasteiger partial charge in [0.25, 0.3) is 5.56 Å². The molecular weight excluding hydrogens is 314 g/mol. The van der Waals surface area contributed by atoms with Crippen LogP contribution in [-0.2, 0) is 11.8 Å². The van der Waals surface area contributed by atoms with Gasteiger partial charge in [0.2, 0.25) is 0 Å². The molecule has 1 aliphatic carbocycles. The number of anilines is 1. The fraction of sp³-hybridized carbons (Fsp3) is 0.583. The van der Waals surface area contributed by atoms with E-state index in [1.54, 1.807) is 13.2 Å². The van der Waals surface area contributed by atoms with Gasteiger partial charge in [-0.1, -0.05) is 0 Å². The third-order valence-electron chi connectivity index (χ3n) is 3.51. The number of aliphatic carboxylic acids is 1. The van der Waals surface area contributed by atoms with Crippen LogP contribution in [0, 0.1) is 5.92 Å². The quantitative estimate of drug-likeness (QED) is 0.879. The predicted octanol–water partition coefficient (Wildman–Crippen LogP) is 1.60. The summed E-state index contributed by atoms with van der Waals surface area (Å²) in [6.07, 6.45) is 4.53. The first kappa shape index (κ1) is 14.0. The van der Waals surface area contributed by atoms with Crippen molar-refractivity contribution in [2.75, 3.05) is 5.32 Å². The molecule has 0 amide bonds. The van der Waals surface area contributed by atoms with Crippen molar-refractivity contribution in [3.63, 3.8) is 0 Å². The maximum Gasteiger partial charge on any atom is 0.306 e. The molecule has 7 heteroatoms. The summed E-state index contributed by atoms with van der Waals surface area (Å²) in [5.74, 6) is -0.946. The third-order valence-corrected chi connectivity index (χ3v) is 4.28. The molecule has 0 spiro atoms. The van der Waals surface area contributed by atoms with E-state index in [1.165, 1.54) is 4.68 Å². The lowest BCUT2D eigenvalue weighted by molar-refractivity contribution is -0.142. The summed E-state index contributed by atoms with van der Waals surface area (Å²) in [4.78, 5) is 22.6. The van der Waals surface area contributed by atoms with Gasteiger partial charge in [0.15, 0.2) is 0 Å². The lowest BCUT2D eigenvalue weighted by Gasteiger charge is -2.27. The Hall–Kier alpha value is -1.37. The first-order valence-electron chi connectivity index (χ1n) is 6.20. The first-order chi connectivity index (χ1) is 8.99. The Kier molecular flexibility index (Phi) is 4.24. The smallest absolute Gasteiger partial charge is 0.306 e. The summed E-state index contributed by atoms with van der Waals surface area (Å²) in [6, 6.07) is 0.195. The molecular formula is C12H16BrN3O3. The fourth-order valence-corrected chi connectivity index (χ4v) is 2.79. The number of halogens is 1. The number of nitrogens with zero attached hydrogens (tertiary/aromatic N) is 2. The van der Waals surface area contributed by atoms with Crippen molar-refractivity contribution < 1.29 is 9.90 Å². The Morgan fingerprint density at radius 3 is 2.68 bits per heavy atom. The summed E-state index contributed by atoms with van der Waals surface area (Å²) < 4.78 is 1.72. The van der Waals surface area contributed by atoms with Crippen molar-refractivity contribution in [3.05, 3.63) is 21.0 Å². The monoisotopic (exact) mass is 329 g/mol. The van der Waals surface area contributed by atoms with Crippen molar-refractivity contribution in [2.45, 2.75) is 31.7 Å². The Morgan fingerprint density at radius 2 is 2.11 bits per heavy atom. The minimum atomic E-state index is -0.713. The Bertz CT molecular complexity index is 536. The van der Waals surface area contributed by atoms with Crippen molar-refractivity contribution in [1.82, 2.24) is 9.78 Å². The number of carbonyl (C=O) groups is 1. The molecule has 104 valence electrons. The summed E-state index contributed by atoms with van der Waals surface area (Å²) in [5, 5.41) is 16.2. The number of aryl methyl sites for hydroxylation is 1. The zero-order valence-electron chi connectivity index (χ0n) is 10.6. The third kappa shape index (κ3) is 3.15. The van der Waals surface area contributed by atoms with Crippen LogP contribution >= 0.6 is 15.9 Å². The molecule has 6 nitrogen and oxygen atoms in total. The van der Waals surface area contributed by atoms with Crippen LogP contribution in [0.2, 0.25) is 0 Å². The molecule has 0 aromatic carbocycles. The number of carboxylic acids is 1. The van der Waals surface area contributed by atoms with Crippen molar-refractivity contribution in [3.8, 4) is 0 Å². The molecule has 2 rings (SSSR count). The normalized spacial score (nSPS) is 23.1. The van der Waals surface area contributed by atoms with Crippen molar-refractivity contribution >= 4 is 27.6 Å². The highest BCUT2D eigenvalue weighted by atomic mass is 79.9. The Morgan fingerprint density at radius 1 is 1.47 bits per heavy atom. The zero-order valence-corrected chi connectivity index (χ0v) is 12.2. The SMILES string of the molecule is Cn1ncc(NC2CCC(C(=O)O)CC2)c(Br)c1=O. The molecule has 0 atom stereocenters. The molecule has 0 saturated heterocycles. The van der Waals surface area contributed by atoms with E-state index in [9.17, 15) is 9.59 Å².